The first kappa shape index (κ1) is 17.5. The first-order chi connectivity index (χ1) is 7.26. The molecule has 0 nitrogen and oxygen atoms in total. The summed E-state index contributed by atoms with van der Waals surface area (Å²) in [5.74, 6) is -15.8. The molecule has 0 rings (SSSR count). The van der Waals surface area contributed by atoms with E-state index in [-0.39, 0.29) is 0 Å². The van der Waals surface area contributed by atoms with E-state index in [1.807, 2.05) is 0 Å². The Morgan fingerprint density at radius 2 is 0.778 bits per heavy atom. The van der Waals surface area contributed by atoms with Gasteiger partial charge in [0.05, 0.1) is 0 Å². The average molecular weight is 326 g/mol. The van der Waals surface area contributed by atoms with Crippen molar-refractivity contribution in [3.05, 3.63) is 0 Å². The van der Waals surface area contributed by atoms with Crippen molar-refractivity contribution in [1.29, 1.82) is 0 Å². The van der Waals surface area contributed by atoms with Gasteiger partial charge in [0.15, 0.2) is 0 Å². The number of rotatable bonds is 3. The Kier molecular flexibility index (Phi) is 3.45. The summed E-state index contributed by atoms with van der Waals surface area (Å²) >= 11 is 0. The van der Waals surface area contributed by atoms with Crippen LogP contribution < -0.4 is 0 Å². The summed E-state index contributed by atoms with van der Waals surface area (Å²) in [6.07, 6.45) is -7.42. The van der Waals surface area contributed by atoms with Crippen LogP contribution in [0.1, 0.15) is 0 Å². The Morgan fingerprint density at radius 1 is 0.500 bits per heavy atom. The van der Waals surface area contributed by atoms with Gasteiger partial charge in [-0.2, -0.15) is 0 Å². The second kappa shape index (κ2) is 3.54. The molecule has 0 saturated carbocycles. The molecule has 18 heavy (non-hydrogen) atoms. The zero-order chi connectivity index (χ0) is 15.4. The molecule has 0 aromatic carbocycles. The van der Waals surface area contributed by atoms with E-state index in [0.29, 0.717) is 0 Å². The standard InChI is InChI=1S/C4F13P/c5-1(6,3(9,10)11)2(7,8)4(12,13)18(14,15,16)17. The molecule has 0 amide bonds. The van der Waals surface area contributed by atoms with E-state index in [9.17, 15) is 56.3 Å². The molecular formula is C4F13P. The molecule has 0 bridgehead atoms. The molecular weight excluding hydrogens is 326 g/mol. The second-order valence-electron chi connectivity index (χ2n) is 2.91. The summed E-state index contributed by atoms with van der Waals surface area (Å²) < 4.78 is 152. The van der Waals surface area contributed by atoms with Gasteiger partial charge in [0, 0.05) is 0 Å². The van der Waals surface area contributed by atoms with Crippen molar-refractivity contribution in [2.75, 3.05) is 0 Å². The predicted molar refractivity (Wildman–Crippen MR) is 32.2 cm³/mol. The Bertz CT molecular complexity index is 320. The van der Waals surface area contributed by atoms with E-state index < -0.39 is 31.5 Å². The number of hydrogen-bond acceptors (Lipinski definition) is 0. The summed E-state index contributed by atoms with van der Waals surface area (Å²) in [4.78, 5) is 0. The van der Waals surface area contributed by atoms with Gasteiger partial charge in [-0.05, 0) is 0 Å². The summed E-state index contributed by atoms with van der Waals surface area (Å²) in [7, 11) is -10.7. The number of alkyl halides is 9. The molecule has 0 heterocycles. The molecule has 112 valence electrons. The average Bonchev–Trinajstić information content (AvgIpc) is 1.97. The van der Waals surface area contributed by atoms with Crippen molar-refractivity contribution < 1.29 is 56.3 Å². The molecule has 0 fully saturated rings. The third-order valence-corrected chi connectivity index (χ3v) is 2.68. The van der Waals surface area contributed by atoms with E-state index in [0.717, 1.165) is 0 Å². The molecule has 0 unspecified atom stereocenters. The summed E-state index contributed by atoms with van der Waals surface area (Å²) in [5, 5.41) is 0. The van der Waals surface area contributed by atoms with E-state index in [2.05, 4.69) is 0 Å². The molecule has 0 atom stereocenters. The van der Waals surface area contributed by atoms with Gasteiger partial charge >= 0.3 is 87.8 Å². The molecule has 0 aliphatic heterocycles. The van der Waals surface area contributed by atoms with Crippen molar-refractivity contribution in [2.24, 2.45) is 0 Å². The third-order valence-electron chi connectivity index (χ3n) is 1.55. The Morgan fingerprint density at radius 3 is 0.944 bits per heavy atom. The molecule has 14 heteroatoms. The Labute approximate surface area is 89.1 Å². The van der Waals surface area contributed by atoms with Crippen LogP contribution in [0.15, 0.2) is 0 Å². The zero-order valence-corrected chi connectivity index (χ0v) is 8.26. The van der Waals surface area contributed by atoms with E-state index in [4.69, 9.17) is 0 Å². The van der Waals surface area contributed by atoms with Gasteiger partial charge in [0.2, 0.25) is 0 Å². The predicted octanol–water partition coefficient (Wildman–Crippen LogP) is 5.50. The Balaban J connectivity index is 5.98. The van der Waals surface area contributed by atoms with Gasteiger partial charge in [-0.3, -0.25) is 0 Å². The monoisotopic (exact) mass is 326 g/mol. The van der Waals surface area contributed by atoms with Gasteiger partial charge in [-0.15, -0.1) is 0 Å². The van der Waals surface area contributed by atoms with Crippen molar-refractivity contribution in [1.82, 2.24) is 0 Å². The van der Waals surface area contributed by atoms with Crippen LogP contribution in [-0.2, 0) is 0 Å². The van der Waals surface area contributed by atoms with E-state index >= 15 is 0 Å². The zero-order valence-electron chi connectivity index (χ0n) is 7.36. The molecule has 0 aliphatic carbocycles. The first-order valence-electron chi connectivity index (χ1n) is 3.35. The minimum atomic E-state index is -10.7. The summed E-state index contributed by atoms with van der Waals surface area (Å²) in [5.41, 5.74) is -8.13. The fourth-order valence-corrected chi connectivity index (χ4v) is 1.14. The van der Waals surface area contributed by atoms with Gasteiger partial charge in [-0.25, -0.2) is 0 Å². The normalized spacial score (nSPS) is 18.4. The maximum atomic E-state index is 12.1. The maximum absolute atomic E-state index is 12.1. The topological polar surface area (TPSA) is 0 Å². The van der Waals surface area contributed by atoms with Crippen molar-refractivity contribution in [3.8, 4) is 0 Å². The van der Waals surface area contributed by atoms with Crippen LogP contribution in [0.4, 0.5) is 56.3 Å². The van der Waals surface area contributed by atoms with Crippen molar-refractivity contribution in [3.63, 3.8) is 0 Å². The number of halogens is 13. The van der Waals surface area contributed by atoms with Crippen LogP contribution in [0.5, 0.6) is 0 Å². The molecule has 0 aromatic heterocycles. The van der Waals surface area contributed by atoms with Gasteiger partial charge in [0.25, 0.3) is 0 Å². The van der Waals surface area contributed by atoms with E-state index in [1.165, 1.54) is 0 Å². The SMILES string of the molecule is FC(F)(F)C(F)(F)C(F)(F)C(F)(F)P(F)(F)(F)F. The Hall–Kier alpha value is -0.480. The number of hydrogen-bond donors (Lipinski definition) is 0. The van der Waals surface area contributed by atoms with E-state index in [1.54, 1.807) is 0 Å². The minimum absolute atomic E-state index is 7.42. The fraction of sp³-hybridized carbons (Fsp3) is 1.00. The molecule has 0 aliphatic rings. The molecule has 0 radical (unpaired) electrons. The molecule has 0 spiro atoms. The van der Waals surface area contributed by atoms with Crippen LogP contribution in [0, 0.1) is 0 Å². The summed E-state index contributed by atoms with van der Waals surface area (Å²) in [6, 6.07) is 0. The fourth-order valence-electron chi connectivity index (χ4n) is 0.579. The molecule has 0 aromatic rings. The van der Waals surface area contributed by atoms with Crippen LogP contribution in [-0.4, -0.2) is 23.7 Å². The van der Waals surface area contributed by atoms with Crippen molar-refractivity contribution >= 4 is 7.85 Å². The first-order valence-corrected chi connectivity index (χ1v) is 5.15. The second-order valence-corrected chi connectivity index (χ2v) is 4.91. The molecule has 0 N–H and O–H groups in total. The summed E-state index contributed by atoms with van der Waals surface area (Å²) in [6.45, 7) is 0. The quantitative estimate of drug-likeness (QED) is 0.474. The van der Waals surface area contributed by atoms with Crippen LogP contribution in [0.2, 0.25) is 0 Å². The van der Waals surface area contributed by atoms with Crippen molar-refractivity contribution in [2.45, 2.75) is 23.7 Å². The van der Waals surface area contributed by atoms with Gasteiger partial charge in [0.1, 0.15) is 0 Å². The van der Waals surface area contributed by atoms with Gasteiger partial charge < -0.3 is 0 Å². The van der Waals surface area contributed by atoms with Crippen LogP contribution >= 0.6 is 7.85 Å². The molecule has 0 saturated heterocycles. The van der Waals surface area contributed by atoms with Crippen LogP contribution in [0.25, 0.3) is 0 Å². The third kappa shape index (κ3) is 2.21. The van der Waals surface area contributed by atoms with Gasteiger partial charge in [-0.1, -0.05) is 0 Å². The van der Waals surface area contributed by atoms with Crippen LogP contribution in [0.3, 0.4) is 0 Å².